The molecule has 0 fully saturated rings. The van der Waals surface area contributed by atoms with Crippen molar-refractivity contribution in [2.45, 2.75) is 6.92 Å². The first-order valence-corrected chi connectivity index (χ1v) is 6.15. The zero-order valence-electron chi connectivity index (χ0n) is 9.88. The van der Waals surface area contributed by atoms with Gasteiger partial charge in [-0.3, -0.25) is 4.79 Å². The highest BCUT2D eigenvalue weighted by Gasteiger charge is 2.11. The zero-order valence-corrected chi connectivity index (χ0v) is 11.5. The summed E-state index contributed by atoms with van der Waals surface area (Å²) in [7, 11) is 0. The predicted octanol–water partition coefficient (Wildman–Crippen LogP) is 3.68. The number of benzene rings is 1. The Bertz CT molecular complexity index is 647. The molecule has 98 valence electrons. The summed E-state index contributed by atoms with van der Waals surface area (Å²) in [6, 6.07) is 5.15. The van der Waals surface area contributed by atoms with E-state index in [1.165, 1.54) is 18.3 Å². The van der Waals surface area contributed by atoms with Gasteiger partial charge in [-0.2, -0.15) is 4.39 Å². The van der Waals surface area contributed by atoms with Crippen LogP contribution < -0.4 is 5.32 Å². The molecule has 0 radical (unpaired) electrons. The monoisotopic (exact) mass is 326 g/mol. The number of anilines is 1. The summed E-state index contributed by atoms with van der Waals surface area (Å²) in [5, 5.41) is 2.53. The van der Waals surface area contributed by atoms with Crippen molar-refractivity contribution >= 4 is 27.5 Å². The molecule has 2 aromatic rings. The van der Waals surface area contributed by atoms with Crippen LogP contribution in [0.2, 0.25) is 0 Å². The maximum absolute atomic E-state index is 13.4. The number of carbonyl (C=O) groups excluding carboxylic acids is 1. The smallest absolute Gasteiger partial charge is 0.255 e. The van der Waals surface area contributed by atoms with E-state index in [9.17, 15) is 13.6 Å². The number of aryl methyl sites for hydroxylation is 1. The molecule has 6 heteroatoms. The summed E-state index contributed by atoms with van der Waals surface area (Å²) >= 11 is 3.06. The fourth-order valence-electron chi connectivity index (χ4n) is 1.52. The van der Waals surface area contributed by atoms with Crippen molar-refractivity contribution in [1.29, 1.82) is 0 Å². The quantitative estimate of drug-likeness (QED) is 0.855. The Morgan fingerprint density at radius 2 is 2.05 bits per heavy atom. The minimum Gasteiger partial charge on any atom is -0.322 e. The lowest BCUT2D eigenvalue weighted by Gasteiger charge is -2.09. The van der Waals surface area contributed by atoms with Crippen molar-refractivity contribution in [3.63, 3.8) is 0 Å². The molecule has 0 unspecified atom stereocenters. The van der Waals surface area contributed by atoms with Crippen molar-refractivity contribution in [3.8, 4) is 0 Å². The Kier molecular flexibility index (Phi) is 3.90. The van der Waals surface area contributed by atoms with Gasteiger partial charge in [0, 0.05) is 23.5 Å². The number of aromatic nitrogens is 1. The Labute approximate surface area is 116 Å². The first-order chi connectivity index (χ1) is 8.97. The van der Waals surface area contributed by atoms with Gasteiger partial charge >= 0.3 is 0 Å². The molecule has 3 nitrogen and oxygen atoms in total. The third-order valence-electron chi connectivity index (χ3n) is 2.50. The van der Waals surface area contributed by atoms with E-state index >= 15 is 0 Å². The molecular weight excluding hydrogens is 318 g/mol. The first-order valence-electron chi connectivity index (χ1n) is 5.36. The lowest BCUT2D eigenvalue weighted by atomic mass is 10.2. The molecule has 0 spiro atoms. The molecule has 0 saturated heterocycles. The number of pyridine rings is 1. The van der Waals surface area contributed by atoms with Gasteiger partial charge < -0.3 is 5.32 Å². The van der Waals surface area contributed by atoms with Gasteiger partial charge in [0.15, 0.2) is 0 Å². The highest BCUT2D eigenvalue weighted by Crippen LogP contribution is 2.24. The highest BCUT2D eigenvalue weighted by molar-refractivity contribution is 9.10. The zero-order chi connectivity index (χ0) is 14.0. The molecule has 0 aliphatic rings. The van der Waals surface area contributed by atoms with Crippen LogP contribution in [0, 0.1) is 18.7 Å². The van der Waals surface area contributed by atoms with Gasteiger partial charge in [-0.25, -0.2) is 9.37 Å². The summed E-state index contributed by atoms with van der Waals surface area (Å²) in [5.74, 6) is -1.75. The topological polar surface area (TPSA) is 42.0 Å². The van der Waals surface area contributed by atoms with E-state index < -0.39 is 17.7 Å². The van der Waals surface area contributed by atoms with Crippen LogP contribution in [-0.2, 0) is 0 Å². The number of amides is 1. The van der Waals surface area contributed by atoms with Crippen LogP contribution in [0.25, 0.3) is 0 Å². The number of carbonyl (C=O) groups is 1. The van der Waals surface area contributed by atoms with Gasteiger partial charge in [-0.1, -0.05) is 0 Å². The van der Waals surface area contributed by atoms with Gasteiger partial charge in [0.2, 0.25) is 5.95 Å². The van der Waals surface area contributed by atoms with Gasteiger partial charge in [-0.05, 0) is 46.6 Å². The summed E-state index contributed by atoms with van der Waals surface area (Å²) < 4.78 is 26.6. The molecule has 0 saturated carbocycles. The van der Waals surface area contributed by atoms with Crippen LogP contribution in [0.4, 0.5) is 14.5 Å². The molecule has 0 aliphatic carbocycles. The molecule has 0 atom stereocenters. The Balaban J connectivity index is 2.27. The van der Waals surface area contributed by atoms with E-state index in [4.69, 9.17) is 0 Å². The normalized spacial score (nSPS) is 10.3. The number of nitrogens with zero attached hydrogens (tertiary/aromatic N) is 1. The predicted molar refractivity (Wildman–Crippen MR) is 71.0 cm³/mol. The second-order valence-electron chi connectivity index (χ2n) is 3.90. The molecular formula is C13H9BrF2N2O. The standard InChI is InChI=1S/C13H9BrF2N2O/c1-7-4-9(14)10(15)6-11(7)18-13(19)8-2-3-17-12(16)5-8/h2-6H,1H3,(H,18,19). The summed E-state index contributed by atoms with van der Waals surface area (Å²) in [6.45, 7) is 1.73. The Hall–Kier alpha value is -1.82. The summed E-state index contributed by atoms with van der Waals surface area (Å²) in [6.07, 6.45) is 1.19. The Morgan fingerprint density at radius 3 is 2.74 bits per heavy atom. The average molecular weight is 327 g/mol. The largest absolute Gasteiger partial charge is 0.322 e. The maximum atomic E-state index is 13.4. The molecule has 0 aliphatic heterocycles. The second kappa shape index (κ2) is 5.44. The van der Waals surface area contributed by atoms with Crippen LogP contribution in [-0.4, -0.2) is 10.9 Å². The van der Waals surface area contributed by atoms with E-state index in [2.05, 4.69) is 26.2 Å². The van der Waals surface area contributed by atoms with E-state index in [0.29, 0.717) is 15.7 Å². The third-order valence-corrected chi connectivity index (χ3v) is 3.11. The van der Waals surface area contributed by atoms with Gasteiger partial charge in [0.1, 0.15) is 5.82 Å². The molecule has 1 aromatic heterocycles. The number of halogens is 3. The Morgan fingerprint density at radius 1 is 1.32 bits per heavy atom. The minimum atomic E-state index is -0.744. The fourth-order valence-corrected chi connectivity index (χ4v) is 1.98. The molecule has 1 N–H and O–H groups in total. The molecule has 1 aromatic carbocycles. The van der Waals surface area contributed by atoms with E-state index in [0.717, 1.165) is 6.07 Å². The van der Waals surface area contributed by atoms with Crippen molar-refractivity contribution in [3.05, 3.63) is 57.8 Å². The lowest BCUT2D eigenvalue weighted by Crippen LogP contribution is -2.13. The molecule has 1 amide bonds. The fraction of sp³-hybridized carbons (Fsp3) is 0.0769. The molecule has 0 bridgehead atoms. The lowest BCUT2D eigenvalue weighted by molar-refractivity contribution is 0.102. The van der Waals surface area contributed by atoms with Gasteiger partial charge in [0.05, 0.1) is 4.47 Å². The number of hydrogen-bond acceptors (Lipinski definition) is 2. The first kappa shape index (κ1) is 13.6. The number of rotatable bonds is 2. The van der Waals surface area contributed by atoms with Gasteiger partial charge in [-0.15, -0.1) is 0 Å². The van der Waals surface area contributed by atoms with Crippen molar-refractivity contribution in [2.75, 3.05) is 5.32 Å². The average Bonchev–Trinajstić information content (AvgIpc) is 2.36. The number of nitrogens with one attached hydrogen (secondary N) is 1. The highest BCUT2D eigenvalue weighted by atomic mass is 79.9. The van der Waals surface area contributed by atoms with E-state index in [-0.39, 0.29) is 5.56 Å². The second-order valence-corrected chi connectivity index (χ2v) is 4.76. The number of hydrogen-bond donors (Lipinski definition) is 1. The summed E-state index contributed by atoms with van der Waals surface area (Å²) in [5.41, 5.74) is 1.15. The van der Waals surface area contributed by atoms with E-state index in [1.807, 2.05) is 0 Å². The van der Waals surface area contributed by atoms with Crippen LogP contribution in [0.3, 0.4) is 0 Å². The van der Waals surface area contributed by atoms with Crippen molar-refractivity contribution in [2.24, 2.45) is 0 Å². The van der Waals surface area contributed by atoms with Crippen molar-refractivity contribution < 1.29 is 13.6 Å². The van der Waals surface area contributed by atoms with Crippen LogP contribution in [0.1, 0.15) is 15.9 Å². The third kappa shape index (κ3) is 3.14. The summed E-state index contributed by atoms with van der Waals surface area (Å²) in [4.78, 5) is 15.2. The molecule has 2 rings (SSSR count). The minimum absolute atomic E-state index is 0.121. The van der Waals surface area contributed by atoms with Gasteiger partial charge in [0.25, 0.3) is 5.91 Å². The molecule has 1 heterocycles. The maximum Gasteiger partial charge on any atom is 0.255 e. The van der Waals surface area contributed by atoms with Crippen LogP contribution in [0.15, 0.2) is 34.9 Å². The van der Waals surface area contributed by atoms with Crippen molar-refractivity contribution in [1.82, 2.24) is 4.98 Å². The SMILES string of the molecule is Cc1cc(Br)c(F)cc1NC(=O)c1ccnc(F)c1. The van der Waals surface area contributed by atoms with E-state index in [1.54, 1.807) is 13.0 Å². The van der Waals surface area contributed by atoms with Crippen LogP contribution >= 0.6 is 15.9 Å². The van der Waals surface area contributed by atoms with Crippen LogP contribution in [0.5, 0.6) is 0 Å². The molecule has 19 heavy (non-hydrogen) atoms.